The molecule has 0 amide bonds. The molecule has 0 unspecified atom stereocenters. The van der Waals surface area contributed by atoms with Crippen LogP contribution in [0.15, 0.2) is 36.7 Å². The van der Waals surface area contributed by atoms with Crippen LogP contribution in [-0.2, 0) is 0 Å². The summed E-state index contributed by atoms with van der Waals surface area (Å²) in [4.78, 5) is 22.9. The van der Waals surface area contributed by atoms with Crippen molar-refractivity contribution in [2.75, 3.05) is 0 Å². The highest BCUT2D eigenvalue weighted by molar-refractivity contribution is 6.04. The maximum Gasteiger partial charge on any atom is 0.373 e. The van der Waals surface area contributed by atoms with E-state index in [0.717, 1.165) is 16.3 Å². The van der Waals surface area contributed by atoms with Gasteiger partial charge in [-0.1, -0.05) is 0 Å². The van der Waals surface area contributed by atoms with Gasteiger partial charge >= 0.3 is 5.97 Å². The third-order valence-corrected chi connectivity index (χ3v) is 2.52. The number of aromatic nitrogens is 3. The first kappa shape index (κ1) is 9.65. The molecule has 0 aliphatic carbocycles. The van der Waals surface area contributed by atoms with Crippen molar-refractivity contribution >= 4 is 27.8 Å². The second-order valence-corrected chi connectivity index (χ2v) is 3.57. The number of hydrogen-bond donors (Lipinski definition) is 1. The lowest BCUT2D eigenvalue weighted by Crippen LogP contribution is -2.03. The summed E-state index contributed by atoms with van der Waals surface area (Å²) in [5.74, 6) is -1.33. The van der Waals surface area contributed by atoms with Crippen LogP contribution in [0.5, 0.6) is 0 Å². The summed E-state index contributed by atoms with van der Waals surface area (Å²) in [5, 5.41) is 10.5. The van der Waals surface area contributed by atoms with Crippen LogP contribution in [0.2, 0.25) is 0 Å². The Morgan fingerprint density at radius 2 is 2.06 bits per heavy atom. The fourth-order valence-corrected chi connectivity index (χ4v) is 1.75. The molecule has 0 saturated carbocycles. The second kappa shape index (κ2) is 3.48. The molecule has 1 N–H and O–H groups in total. The number of carbonyl (C=O) groups is 1. The number of nitrogens with zero attached hydrogens (tertiary/aromatic N) is 3. The van der Waals surface area contributed by atoms with Gasteiger partial charge in [-0.2, -0.15) is 0 Å². The Hall–Kier alpha value is -2.56. The predicted octanol–water partition coefficient (Wildman–Crippen LogP) is 1.88. The summed E-state index contributed by atoms with van der Waals surface area (Å²) in [6, 6.07) is 7.35. The van der Waals surface area contributed by atoms with Crippen LogP contribution in [-0.4, -0.2) is 26.0 Å². The molecule has 3 aromatic rings. The van der Waals surface area contributed by atoms with Gasteiger partial charge in [-0.05, 0) is 24.3 Å². The molecule has 17 heavy (non-hydrogen) atoms. The Labute approximate surface area is 95.8 Å². The first-order chi connectivity index (χ1) is 8.25. The first-order valence-electron chi connectivity index (χ1n) is 4.99. The van der Waals surface area contributed by atoms with Crippen molar-refractivity contribution in [2.24, 2.45) is 0 Å². The minimum absolute atomic E-state index is 0.200. The van der Waals surface area contributed by atoms with Crippen molar-refractivity contribution in [2.45, 2.75) is 0 Å². The van der Waals surface area contributed by atoms with Gasteiger partial charge in [0.15, 0.2) is 0 Å². The van der Waals surface area contributed by atoms with Gasteiger partial charge < -0.3 is 5.11 Å². The molecule has 0 aliphatic rings. The molecular formula is C12H7N3O2. The number of pyridine rings is 1. The summed E-state index contributed by atoms with van der Waals surface area (Å²) in [5.41, 5.74) is 1.40. The third-order valence-electron chi connectivity index (χ3n) is 2.52. The molecule has 0 bridgehead atoms. The lowest BCUT2D eigenvalue weighted by molar-refractivity contribution is 0.0684. The Morgan fingerprint density at radius 1 is 1.18 bits per heavy atom. The van der Waals surface area contributed by atoms with Gasteiger partial charge in [0.1, 0.15) is 0 Å². The molecule has 5 heteroatoms. The van der Waals surface area contributed by atoms with Crippen LogP contribution in [0.4, 0.5) is 0 Å². The van der Waals surface area contributed by atoms with Crippen LogP contribution >= 0.6 is 0 Å². The smallest absolute Gasteiger partial charge is 0.373 e. The van der Waals surface area contributed by atoms with Crippen molar-refractivity contribution in [1.29, 1.82) is 0 Å². The van der Waals surface area contributed by atoms with E-state index in [1.165, 1.54) is 6.20 Å². The normalized spacial score (nSPS) is 10.8. The molecule has 0 fully saturated rings. The highest BCUT2D eigenvalue weighted by Gasteiger charge is 2.09. The van der Waals surface area contributed by atoms with Gasteiger partial charge in [0.05, 0.1) is 11.0 Å². The van der Waals surface area contributed by atoms with Crippen molar-refractivity contribution in [3.05, 3.63) is 42.5 Å². The van der Waals surface area contributed by atoms with E-state index in [0.29, 0.717) is 5.52 Å². The largest absolute Gasteiger partial charge is 0.475 e. The Morgan fingerprint density at radius 3 is 2.88 bits per heavy atom. The third kappa shape index (κ3) is 1.48. The molecule has 0 spiro atoms. The minimum atomic E-state index is -1.13. The predicted molar refractivity (Wildman–Crippen MR) is 61.8 cm³/mol. The van der Waals surface area contributed by atoms with Crippen LogP contribution in [0, 0.1) is 0 Å². The fourth-order valence-electron chi connectivity index (χ4n) is 1.75. The van der Waals surface area contributed by atoms with Crippen LogP contribution in [0.25, 0.3) is 21.8 Å². The van der Waals surface area contributed by atoms with Crippen LogP contribution in [0.3, 0.4) is 0 Å². The van der Waals surface area contributed by atoms with Gasteiger partial charge in [0.2, 0.25) is 5.82 Å². The van der Waals surface area contributed by atoms with Gasteiger partial charge in [-0.25, -0.2) is 14.8 Å². The maximum absolute atomic E-state index is 10.8. The molecule has 1 aromatic carbocycles. The number of fused-ring (bicyclic) bond motifs is 3. The quantitative estimate of drug-likeness (QED) is 0.640. The first-order valence-corrected chi connectivity index (χ1v) is 4.99. The van der Waals surface area contributed by atoms with Gasteiger partial charge in [-0.3, -0.25) is 4.98 Å². The lowest BCUT2D eigenvalue weighted by atomic mass is 10.1. The molecule has 0 aliphatic heterocycles. The standard InChI is InChI=1S/C12H7N3O2/c16-12(17)11-14-6-7-3-4-9-8(10(7)15-11)2-1-5-13-9/h1-6H,(H,16,17). The van der Waals surface area contributed by atoms with Crippen molar-refractivity contribution in [3.8, 4) is 0 Å². The Bertz CT molecular complexity index is 740. The van der Waals surface area contributed by atoms with E-state index >= 15 is 0 Å². The van der Waals surface area contributed by atoms with Gasteiger partial charge in [0, 0.05) is 23.2 Å². The zero-order valence-corrected chi connectivity index (χ0v) is 8.66. The Balaban J connectivity index is 2.46. The SMILES string of the molecule is O=C(O)c1ncc2ccc3ncccc3c2n1. The number of carboxylic acid groups (broad SMARTS) is 1. The second-order valence-electron chi connectivity index (χ2n) is 3.57. The number of benzene rings is 1. The van der Waals surface area contributed by atoms with Crippen molar-refractivity contribution in [3.63, 3.8) is 0 Å². The van der Waals surface area contributed by atoms with Crippen LogP contribution < -0.4 is 0 Å². The van der Waals surface area contributed by atoms with Gasteiger partial charge in [-0.15, -0.1) is 0 Å². The van der Waals surface area contributed by atoms with E-state index in [-0.39, 0.29) is 5.82 Å². The topological polar surface area (TPSA) is 76.0 Å². The monoisotopic (exact) mass is 225 g/mol. The number of hydrogen-bond acceptors (Lipinski definition) is 4. The molecule has 5 nitrogen and oxygen atoms in total. The summed E-state index contributed by atoms with van der Waals surface area (Å²) in [6.45, 7) is 0. The summed E-state index contributed by atoms with van der Waals surface area (Å²) >= 11 is 0. The molecule has 3 rings (SSSR count). The minimum Gasteiger partial charge on any atom is -0.475 e. The highest BCUT2D eigenvalue weighted by atomic mass is 16.4. The molecule has 2 aromatic heterocycles. The van der Waals surface area contributed by atoms with Crippen molar-refractivity contribution in [1.82, 2.24) is 15.0 Å². The summed E-state index contributed by atoms with van der Waals surface area (Å²) in [7, 11) is 0. The van der Waals surface area contributed by atoms with E-state index < -0.39 is 5.97 Å². The highest BCUT2D eigenvalue weighted by Crippen LogP contribution is 2.21. The maximum atomic E-state index is 10.8. The van der Waals surface area contributed by atoms with Crippen LogP contribution in [0.1, 0.15) is 10.6 Å². The summed E-state index contributed by atoms with van der Waals surface area (Å²) in [6.07, 6.45) is 3.20. The Kier molecular flexibility index (Phi) is 1.98. The van der Waals surface area contributed by atoms with Gasteiger partial charge in [0.25, 0.3) is 0 Å². The lowest BCUT2D eigenvalue weighted by Gasteiger charge is -2.02. The van der Waals surface area contributed by atoms with Crippen molar-refractivity contribution < 1.29 is 9.90 Å². The molecular weight excluding hydrogens is 218 g/mol. The molecule has 0 atom stereocenters. The molecule has 0 saturated heterocycles. The molecule has 82 valence electrons. The van der Waals surface area contributed by atoms with E-state index in [4.69, 9.17) is 5.11 Å². The number of aromatic carboxylic acids is 1. The van der Waals surface area contributed by atoms with E-state index in [1.54, 1.807) is 12.3 Å². The fraction of sp³-hybridized carbons (Fsp3) is 0. The zero-order chi connectivity index (χ0) is 11.8. The van der Waals surface area contributed by atoms with E-state index in [2.05, 4.69) is 15.0 Å². The van der Waals surface area contributed by atoms with E-state index in [9.17, 15) is 4.79 Å². The zero-order valence-electron chi connectivity index (χ0n) is 8.66. The average Bonchev–Trinajstić information content (AvgIpc) is 2.38. The number of carboxylic acids is 1. The molecule has 2 heterocycles. The van der Waals surface area contributed by atoms with E-state index in [1.807, 2.05) is 18.2 Å². The molecule has 0 radical (unpaired) electrons. The number of rotatable bonds is 1. The average molecular weight is 225 g/mol. The summed E-state index contributed by atoms with van der Waals surface area (Å²) < 4.78 is 0.